The van der Waals surface area contributed by atoms with Crippen LogP contribution in [0.15, 0.2) is 30.5 Å². The summed E-state index contributed by atoms with van der Waals surface area (Å²) in [5.41, 5.74) is 2.95. The molecule has 3 aromatic rings. The Balaban J connectivity index is 2.09. The Labute approximate surface area is 117 Å². The summed E-state index contributed by atoms with van der Waals surface area (Å²) in [6.45, 7) is 4.06. The van der Waals surface area contributed by atoms with Crippen LogP contribution in [0.3, 0.4) is 0 Å². The van der Waals surface area contributed by atoms with Gasteiger partial charge in [-0.05, 0) is 13.3 Å². The molecule has 0 saturated carbocycles. The van der Waals surface area contributed by atoms with Crippen LogP contribution >= 0.6 is 0 Å². The van der Waals surface area contributed by atoms with Gasteiger partial charge in [-0.2, -0.15) is 10.2 Å². The molecular formula is C15H17N5. The molecule has 1 N–H and O–H groups in total. The van der Waals surface area contributed by atoms with E-state index in [0.717, 1.165) is 40.1 Å². The molecular weight excluding hydrogens is 250 g/mol. The van der Waals surface area contributed by atoms with Gasteiger partial charge in [-0.25, -0.2) is 0 Å². The van der Waals surface area contributed by atoms with Gasteiger partial charge >= 0.3 is 0 Å². The summed E-state index contributed by atoms with van der Waals surface area (Å²) < 4.78 is 1.81. The zero-order valence-corrected chi connectivity index (χ0v) is 11.9. The molecule has 2 heterocycles. The van der Waals surface area contributed by atoms with E-state index in [1.54, 1.807) is 0 Å². The molecule has 1 aromatic carbocycles. The van der Waals surface area contributed by atoms with Crippen LogP contribution in [-0.4, -0.2) is 20.0 Å². The quantitative estimate of drug-likeness (QED) is 0.792. The first kappa shape index (κ1) is 12.6. The number of aryl methyl sites for hydroxylation is 3. The van der Waals surface area contributed by atoms with E-state index >= 15 is 0 Å². The molecule has 0 atom stereocenters. The van der Waals surface area contributed by atoms with Gasteiger partial charge in [0.15, 0.2) is 5.82 Å². The molecule has 0 aliphatic rings. The summed E-state index contributed by atoms with van der Waals surface area (Å²) in [5.74, 6) is 0.772. The fourth-order valence-corrected chi connectivity index (χ4v) is 2.36. The van der Waals surface area contributed by atoms with Crippen molar-refractivity contribution in [1.29, 1.82) is 0 Å². The maximum absolute atomic E-state index is 4.43. The molecule has 0 unspecified atom stereocenters. The minimum absolute atomic E-state index is 0.772. The lowest BCUT2D eigenvalue weighted by molar-refractivity contribution is 0.746. The van der Waals surface area contributed by atoms with Crippen molar-refractivity contribution in [2.24, 2.45) is 7.05 Å². The SMILES string of the molecule is CCc1nn(C)cc1Nc1nnc(C)c2ccccc12. The number of aromatic nitrogens is 4. The standard InChI is InChI=1S/C15H17N5/c1-4-13-14(9-20(3)19-13)16-15-12-8-6-5-7-11(12)10(2)17-18-15/h5-9H,4H2,1-3H3,(H,16,18). The van der Waals surface area contributed by atoms with E-state index < -0.39 is 0 Å². The predicted octanol–water partition coefficient (Wildman–Crippen LogP) is 2.98. The first-order valence-corrected chi connectivity index (χ1v) is 6.70. The van der Waals surface area contributed by atoms with E-state index in [2.05, 4.69) is 39.7 Å². The van der Waals surface area contributed by atoms with Crippen molar-refractivity contribution in [2.75, 3.05) is 5.32 Å². The van der Waals surface area contributed by atoms with Gasteiger partial charge in [-0.3, -0.25) is 4.68 Å². The molecule has 0 radical (unpaired) electrons. The molecule has 0 aliphatic heterocycles. The van der Waals surface area contributed by atoms with Crippen molar-refractivity contribution in [3.05, 3.63) is 41.9 Å². The lowest BCUT2D eigenvalue weighted by Crippen LogP contribution is -2.00. The summed E-state index contributed by atoms with van der Waals surface area (Å²) in [7, 11) is 1.92. The van der Waals surface area contributed by atoms with E-state index in [1.165, 1.54) is 0 Å². The molecule has 0 bridgehead atoms. The molecule has 20 heavy (non-hydrogen) atoms. The lowest BCUT2D eigenvalue weighted by atomic mass is 10.1. The third-order valence-corrected chi connectivity index (χ3v) is 3.37. The van der Waals surface area contributed by atoms with Gasteiger partial charge in [-0.15, -0.1) is 5.10 Å². The highest BCUT2D eigenvalue weighted by atomic mass is 15.3. The van der Waals surface area contributed by atoms with E-state index in [1.807, 2.05) is 37.0 Å². The molecule has 3 rings (SSSR count). The van der Waals surface area contributed by atoms with Crippen LogP contribution in [0, 0.1) is 6.92 Å². The fourth-order valence-electron chi connectivity index (χ4n) is 2.36. The second kappa shape index (κ2) is 4.92. The molecule has 0 amide bonds. The normalized spacial score (nSPS) is 10.9. The fraction of sp³-hybridized carbons (Fsp3) is 0.267. The van der Waals surface area contributed by atoms with Crippen LogP contribution in [0.25, 0.3) is 10.8 Å². The number of benzene rings is 1. The van der Waals surface area contributed by atoms with Gasteiger partial charge in [-0.1, -0.05) is 31.2 Å². The Kier molecular flexibility index (Phi) is 3.10. The summed E-state index contributed by atoms with van der Waals surface area (Å²) in [5, 5.41) is 18.5. The smallest absolute Gasteiger partial charge is 0.161 e. The van der Waals surface area contributed by atoms with Gasteiger partial charge < -0.3 is 5.32 Å². The largest absolute Gasteiger partial charge is 0.335 e. The number of nitrogens with one attached hydrogen (secondary N) is 1. The Morgan fingerprint density at radius 2 is 1.90 bits per heavy atom. The van der Waals surface area contributed by atoms with E-state index in [-0.39, 0.29) is 0 Å². The van der Waals surface area contributed by atoms with Gasteiger partial charge in [0, 0.05) is 24.0 Å². The first-order chi connectivity index (χ1) is 9.69. The molecule has 0 spiro atoms. The van der Waals surface area contributed by atoms with E-state index in [9.17, 15) is 0 Å². The summed E-state index contributed by atoms with van der Waals surface area (Å²) in [6.07, 6.45) is 2.84. The Hall–Kier alpha value is -2.43. The minimum Gasteiger partial charge on any atom is -0.335 e. The topological polar surface area (TPSA) is 55.6 Å². The zero-order valence-electron chi connectivity index (χ0n) is 11.9. The third-order valence-electron chi connectivity index (χ3n) is 3.37. The maximum atomic E-state index is 4.43. The molecule has 5 heteroatoms. The Bertz CT molecular complexity index is 760. The molecule has 102 valence electrons. The Morgan fingerprint density at radius 3 is 2.65 bits per heavy atom. The van der Waals surface area contributed by atoms with Crippen LogP contribution < -0.4 is 5.32 Å². The third kappa shape index (κ3) is 2.11. The van der Waals surface area contributed by atoms with E-state index in [4.69, 9.17) is 0 Å². The number of hydrogen-bond acceptors (Lipinski definition) is 4. The molecule has 0 fully saturated rings. The van der Waals surface area contributed by atoms with Gasteiger partial charge in [0.25, 0.3) is 0 Å². The Morgan fingerprint density at radius 1 is 1.15 bits per heavy atom. The summed E-state index contributed by atoms with van der Waals surface area (Å²) >= 11 is 0. The highest BCUT2D eigenvalue weighted by molar-refractivity contribution is 5.94. The van der Waals surface area contributed by atoms with Crippen molar-refractivity contribution in [1.82, 2.24) is 20.0 Å². The molecule has 0 aliphatic carbocycles. The molecule has 0 saturated heterocycles. The highest BCUT2D eigenvalue weighted by Gasteiger charge is 2.10. The first-order valence-electron chi connectivity index (χ1n) is 6.70. The number of anilines is 2. The average Bonchev–Trinajstić information content (AvgIpc) is 2.82. The second-order valence-corrected chi connectivity index (χ2v) is 4.82. The van der Waals surface area contributed by atoms with Gasteiger partial charge in [0.1, 0.15) is 0 Å². The highest BCUT2D eigenvalue weighted by Crippen LogP contribution is 2.26. The van der Waals surface area contributed by atoms with Crippen LogP contribution in [-0.2, 0) is 13.5 Å². The van der Waals surface area contributed by atoms with Crippen LogP contribution in [0.5, 0.6) is 0 Å². The number of hydrogen-bond donors (Lipinski definition) is 1. The minimum atomic E-state index is 0.772. The van der Waals surface area contributed by atoms with Gasteiger partial charge in [0.05, 0.1) is 17.1 Å². The van der Waals surface area contributed by atoms with Gasteiger partial charge in [0.2, 0.25) is 0 Å². The van der Waals surface area contributed by atoms with Crippen molar-refractivity contribution in [2.45, 2.75) is 20.3 Å². The van der Waals surface area contributed by atoms with Crippen LogP contribution in [0.4, 0.5) is 11.5 Å². The second-order valence-electron chi connectivity index (χ2n) is 4.82. The average molecular weight is 267 g/mol. The zero-order chi connectivity index (χ0) is 14.1. The maximum Gasteiger partial charge on any atom is 0.161 e. The van der Waals surface area contributed by atoms with Crippen molar-refractivity contribution < 1.29 is 0 Å². The summed E-state index contributed by atoms with van der Waals surface area (Å²) in [4.78, 5) is 0. The predicted molar refractivity (Wildman–Crippen MR) is 80.1 cm³/mol. The number of fused-ring (bicyclic) bond motifs is 1. The number of rotatable bonds is 3. The monoisotopic (exact) mass is 267 g/mol. The molecule has 5 nitrogen and oxygen atoms in total. The van der Waals surface area contributed by atoms with Crippen molar-refractivity contribution >= 4 is 22.3 Å². The van der Waals surface area contributed by atoms with Crippen LogP contribution in [0.2, 0.25) is 0 Å². The summed E-state index contributed by atoms with van der Waals surface area (Å²) in [6, 6.07) is 8.15. The van der Waals surface area contributed by atoms with Crippen molar-refractivity contribution in [3.8, 4) is 0 Å². The number of nitrogens with zero attached hydrogens (tertiary/aromatic N) is 4. The van der Waals surface area contributed by atoms with E-state index in [0.29, 0.717) is 0 Å². The van der Waals surface area contributed by atoms with Crippen molar-refractivity contribution in [3.63, 3.8) is 0 Å². The van der Waals surface area contributed by atoms with Crippen LogP contribution in [0.1, 0.15) is 18.3 Å². The molecule has 2 aromatic heterocycles. The lowest BCUT2D eigenvalue weighted by Gasteiger charge is -2.08.